The van der Waals surface area contributed by atoms with Crippen LogP contribution in [-0.2, 0) is 4.79 Å². The van der Waals surface area contributed by atoms with Crippen LogP contribution in [0.1, 0.15) is 13.8 Å². The van der Waals surface area contributed by atoms with E-state index in [1.807, 2.05) is 13.8 Å². The quantitative estimate of drug-likeness (QED) is 0.745. The third-order valence-corrected chi connectivity index (χ3v) is 2.91. The highest BCUT2D eigenvalue weighted by Gasteiger charge is 2.18. The number of para-hydroxylation sites is 1. The maximum absolute atomic E-state index is 11.7. The molecule has 0 spiro atoms. The van der Waals surface area contributed by atoms with Gasteiger partial charge < -0.3 is 16.2 Å². The molecule has 0 aliphatic heterocycles. The fourth-order valence-electron chi connectivity index (χ4n) is 1.14. The number of aromatic hydroxyl groups is 1. The minimum absolute atomic E-state index is 0.00630. The molecule has 4 N–H and O–H groups in total. The SMILES string of the molecule is CC(C)C(N)C(=O)Nc1cccc(Br)c1O. The molecule has 1 rings (SSSR count). The van der Waals surface area contributed by atoms with E-state index in [9.17, 15) is 9.90 Å². The van der Waals surface area contributed by atoms with Crippen molar-refractivity contribution >= 4 is 27.5 Å². The van der Waals surface area contributed by atoms with Gasteiger partial charge in [0.05, 0.1) is 16.2 Å². The predicted molar refractivity (Wildman–Crippen MR) is 67.2 cm³/mol. The number of carbonyl (C=O) groups is 1. The van der Waals surface area contributed by atoms with Crippen molar-refractivity contribution in [3.05, 3.63) is 22.7 Å². The van der Waals surface area contributed by atoms with E-state index in [2.05, 4.69) is 21.2 Å². The standard InChI is InChI=1S/C11H15BrN2O2/c1-6(2)9(13)11(16)14-8-5-3-4-7(12)10(8)15/h3-6,9,15H,13H2,1-2H3,(H,14,16). The summed E-state index contributed by atoms with van der Waals surface area (Å²) in [7, 11) is 0. The first-order chi connectivity index (χ1) is 7.43. The Bertz CT molecular complexity index is 394. The fraction of sp³-hybridized carbons (Fsp3) is 0.364. The molecule has 0 aliphatic carbocycles. The molecule has 0 fully saturated rings. The lowest BCUT2D eigenvalue weighted by molar-refractivity contribution is -0.118. The third kappa shape index (κ3) is 2.96. The summed E-state index contributed by atoms with van der Waals surface area (Å²) in [5.74, 6) is -0.246. The van der Waals surface area contributed by atoms with Crippen molar-refractivity contribution in [3.63, 3.8) is 0 Å². The molecule has 16 heavy (non-hydrogen) atoms. The molecule has 0 radical (unpaired) electrons. The van der Waals surface area contributed by atoms with E-state index in [1.165, 1.54) is 0 Å². The van der Waals surface area contributed by atoms with Crippen molar-refractivity contribution in [2.75, 3.05) is 5.32 Å². The van der Waals surface area contributed by atoms with Gasteiger partial charge in [0.25, 0.3) is 0 Å². The molecule has 1 amide bonds. The number of phenolic OH excluding ortho intramolecular Hbond substituents is 1. The first kappa shape index (κ1) is 13.0. The summed E-state index contributed by atoms with van der Waals surface area (Å²) >= 11 is 3.17. The first-order valence-corrected chi connectivity index (χ1v) is 5.76. The molecule has 0 aliphatic rings. The van der Waals surface area contributed by atoms with Gasteiger partial charge >= 0.3 is 0 Å². The number of rotatable bonds is 3. The number of benzene rings is 1. The van der Waals surface area contributed by atoms with Gasteiger partial charge in [-0.1, -0.05) is 19.9 Å². The molecular formula is C11H15BrN2O2. The predicted octanol–water partition coefficient (Wildman–Crippen LogP) is 2.08. The molecule has 0 bridgehead atoms. The van der Waals surface area contributed by atoms with Crippen LogP contribution in [0.15, 0.2) is 22.7 Å². The van der Waals surface area contributed by atoms with E-state index in [-0.39, 0.29) is 17.6 Å². The van der Waals surface area contributed by atoms with Crippen molar-refractivity contribution in [1.82, 2.24) is 0 Å². The summed E-state index contributed by atoms with van der Waals surface area (Å²) in [6, 6.07) is 4.44. The summed E-state index contributed by atoms with van der Waals surface area (Å²) in [6.07, 6.45) is 0. The van der Waals surface area contributed by atoms with E-state index in [1.54, 1.807) is 18.2 Å². The minimum atomic E-state index is -0.585. The molecule has 4 nitrogen and oxygen atoms in total. The van der Waals surface area contributed by atoms with Gasteiger partial charge in [-0.05, 0) is 34.0 Å². The summed E-state index contributed by atoms with van der Waals surface area (Å²) in [5, 5.41) is 12.3. The Balaban J connectivity index is 2.81. The Morgan fingerprint density at radius 3 is 2.69 bits per heavy atom. The normalized spacial score (nSPS) is 12.6. The van der Waals surface area contributed by atoms with Gasteiger partial charge in [-0.2, -0.15) is 0 Å². The number of amides is 1. The lowest BCUT2D eigenvalue weighted by Crippen LogP contribution is -2.39. The molecule has 0 saturated heterocycles. The van der Waals surface area contributed by atoms with Crippen LogP contribution < -0.4 is 11.1 Å². The number of nitrogens with two attached hydrogens (primary N) is 1. The monoisotopic (exact) mass is 286 g/mol. The lowest BCUT2D eigenvalue weighted by Gasteiger charge is -2.16. The van der Waals surface area contributed by atoms with Gasteiger partial charge in [0.15, 0.2) is 5.75 Å². The number of anilines is 1. The van der Waals surface area contributed by atoms with Crippen LogP contribution in [-0.4, -0.2) is 17.1 Å². The highest BCUT2D eigenvalue weighted by molar-refractivity contribution is 9.10. The second kappa shape index (κ2) is 5.32. The summed E-state index contributed by atoms with van der Waals surface area (Å²) in [6.45, 7) is 3.73. The Kier molecular flexibility index (Phi) is 4.32. The largest absolute Gasteiger partial charge is 0.505 e. The Hall–Kier alpha value is -1.07. The van der Waals surface area contributed by atoms with Crippen LogP contribution in [0.4, 0.5) is 5.69 Å². The zero-order valence-corrected chi connectivity index (χ0v) is 10.8. The van der Waals surface area contributed by atoms with Crippen molar-refractivity contribution in [1.29, 1.82) is 0 Å². The second-order valence-corrected chi connectivity index (χ2v) is 4.75. The number of phenols is 1. The van der Waals surface area contributed by atoms with Crippen LogP contribution in [0.25, 0.3) is 0 Å². The molecule has 88 valence electrons. The first-order valence-electron chi connectivity index (χ1n) is 4.97. The summed E-state index contributed by atoms with van der Waals surface area (Å²) < 4.78 is 0.531. The van der Waals surface area contributed by atoms with Gasteiger partial charge in [0.2, 0.25) is 5.91 Å². The van der Waals surface area contributed by atoms with E-state index in [0.29, 0.717) is 10.2 Å². The van der Waals surface area contributed by atoms with Crippen LogP contribution in [0.3, 0.4) is 0 Å². The van der Waals surface area contributed by atoms with Crippen LogP contribution in [0, 0.1) is 5.92 Å². The Labute approximate surface area is 103 Å². The zero-order valence-electron chi connectivity index (χ0n) is 9.20. The van der Waals surface area contributed by atoms with E-state index in [0.717, 1.165) is 0 Å². The second-order valence-electron chi connectivity index (χ2n) is 3.90. The van der Waals surface area contributed by atoms with Crippen molar-refractivity contribution in [2.24, 2.45) is 11.7 Å². The zero-order chi connectivity index (χ0) is 12.3. The molecule has 0 aromatic heterocycles. The maximum Gasteiger partial charge on any atom is 0.241 e. The van der Waals surface area contributed by atoms with Crippen molar-refractivity contribution in [3.8, 4) is 5.75 Å². The molecule has 0 heterocycles. The van der Waals surface area contributed by atoms with Crippen molar-refractivity contribution < 1.29 is 9.90 Å². The number of hydrogen-bond acceptors (Lipinski definition) is 3. The van der Waals surface area contributed by atoms with E-state index < -0.39 is 6.04 Å². The summed E-state index contributed by atoms with van der Waals surface area (Å²) in [5.41, 5.74) is 6.05. The molecule has 1 aromatic carbocycles. The molecule has 5 heteroatoms. The van der Waals surface area contributed by atoms with Gasteiger partial charge in [0, 0.05) is 0 Å². The molecule has 1 unspecified atom stereocenters. The lowest BCUT2D eigenvalue weighted by atomic mass is 10.0. The van der Waals surface area contributed by atoms with Gasteiger partial charge in [-0.3, -0.25) is 4.79 Å². The van der Waals surface area contributed by atoms with E-state index >= 15 is 0 Å². The number of carbonyl (C=O) groups excluding carboxylic acids is 1. The third-order valence-electron chi connectivity index (χ3n) is 2.27. The minimum Gasteiger partial charge on any atom is -0.505 e. The Morgan fingerprint density at radius 1 is 1.50 bits per heavy atom. The van der Waals surface area contributed by atoms with Crippen LogP contribution >= 0.6 is 15.9 Å². The number of hydrogen-bond donors (Lipinski definition) is 3. The average Bonchev–Trinajstić information content (AvgIpc) is 2.23. The van der Waals surface area contributed by atoms with Gasteiger partial charge in [-0.25, -0.2) is 0 Å². The fourth-order valence-corrected chi connectivity index (χ4v) is 1.50. The van der Waals surface area contributed by atoms with E-state index in [4.69, 9.17) is 5.73 Å². The summed E-state index contributed by atoms with van der Waals surface area (Å²) in [4.78, 5) is 11.7. The maximum atomic E-state index is 11.7. The van der Waals surface area contributed by atoms with Crippen LogP contribution in [0.2, 0.25) is 0 Å². The highest BCUT2D eigenvalue weighted by Crippen LogP contribution is 2.31. The number of halogens is 1. The molecule has 1 atom stereocenters. The van der Waals surface area contributed by atoms with Gasteiger partial charge in [-0.15, -0.1) is 0 Å². The average molecular weight is 287 g/mol. The van der Waals surface area contributed by atoms with Crippen LogP contribution in [0.5, 0.6) is 5.75 Å². The topological polar surface area (TPSA) is 75.4 Å². The molecule has 1 aromatic rings. The molecule has 0 saturated carbocycles. The van der Waals surface area contributed by atoms with Gasteiger partial charge in [0.1, 0.15) is 0 Å². The Morgan fingerprint density at radius 2 is 2.12 bits per heavy atom. The number of nitrogens with one attached hydrogen (secondary N) is 1. The highest BCUT2D eigenvalue weighted by atomic mass is 79.9. The smallest absolute Gasteiger partial charge is 0.241 e. The molecular weight excluding hydrogens is 272 g/mol. The van der Waals surface area contributed by atoms with Crippen molar-refractivity contribution in [2.45, 2.75) is 19.9 Å².